The summed E-state index contributed by atoms with van der Waals surface area (Å²) in [6, 6.07) is 5.12. The Morgan fingerprint density at radius 1 is 1.53 bits per heavy atom. The number of halogens is 1. The second-order valence-electron chi connectivity index (χ2n) is 4.81. The first-order valence-electron chi connectivity index (χ1n) is 6.47. The summed E-state index contributed by atoms with van der Waals surface area (Å²) in [4.78, 5) is 10.8. The van der Waals surface area contributed by atoms with Crippen LogP contribution in [-0.4, -0.2) is 30.8 Å². The van der Waals surface area contributed by atoms with Gasteiger partial charge in [-0.05, 0) is 43.0 Å². The largest absolute Gasteiger partial charge is 0.478 e. The first-order chi connectivity index (χ1) is 9.16. The summed E-state index contributed by atoms with van der Waals surface area (Å²) in [5, 5.41) is 12.3. The van der Waals surface area contributed by atoms with Gasteiger partial charge in [0.1, 0.15) is 0 Å². The molecule has 1 unspecified atom stereocenters. The van der Waals surface area contributed by atoms with Crippen molar-refractivity contribution in [3.63, 3.8) is 0 Å². The van der Waals surface area contributed by atoms with Crippen LogP contribution in [0.1, 0.15) is 28.8 Å². The molecule has 1 atom stereocenters. The van der Waals surface area contributed by atoms with E-state index in [1.807, 2.05) is 6.07 Å². The van der Waals surface area contributed by atoms with E-state index in [1.165, 1.54) is 6.42 Å². The molecule has 0 aliphatic carbocycles. The van der Waals surface area contributed by atoms with Gasteiger partial charge in [0.15, 0.2) is 0 Å². The van der Waals surface area contributed by atoms with Crippen molar-refractivity contribution >= 4 is 21.9 Å². The summed E-state index contributed by atoms with van der Waals surface area (Å²) < 4.78 is 6.17. The molecule has 1 fully saturated rings. The van der Waals surface area contributed by atoms with E-state index in [-0.39, 0.29) is 0 Å². The van der Waals surface area contributed by atoms with Crippen molar-refractivity contribution in [1.29, 1.82) is 0 Å². The lowest BCUT2D eigenvalue weighted by molar-refractivity contribution is 0.0697. The minimum absolute atomic E-state index is 0.304. The maximum atomic E-state index is 10.8. The summed E-state index contributed by atoms with van der Waals surface area (Å²) in [6.07, 6.45) is 2.30. The molecular weight excluding hydrogens is 310 g/mol. The van der Waals surface area contributed by atoms with E-state index in [9.17, 15) is 4.79 Å². The van der Waals surface area contributed by atoms with Crippen LogP contribution in [-0.2, 0) is 11.3 Å². The van der Waals surface area contributed by atoms with Gasteiger partial charge in [0, 0.05) is 24.2 Å². The van der Waals surface area contributed by atoms with E-state index in [4.69, 9.17) is 9.84 Å². The standard InChI is InChI=1S/C14H18BrNO3/c15-13-7-11(14(17)18)1-2-12(13)8-16-5-3-10-4-6-19-9-10/h1-2,7,10,16H,3-6,8-9H2,(H,17,18). The molecule has 1 aliphatic heterocycles. The van der Waals surface area contributed by atoms with E-state index >= 15 is 0 Å². The third-order valence-corrected chi connectivity index (χ3v) is 4.11. The number of ether oxygens (including phenoxy) is 1. The minimum atomic E-state index is -0.901. The molecule has 0 amide bonds. The lowest BCUT2D eigenvalue weighted by Gasteiger charge is -2.10. The molecule has 1 aliphatic rings. The fourth-order valence-corrected chi connectivity index (χ4v) is 2.68. The van der Waals surface area contributed by atoms with Gasteiger partial charge in [-0.2, -0.15) is 0 Å². The van der Waals surface area contributed by atoms with Crippen LogP contribution >= 0.6 is 15.9 Å². The minimum Gasteiger partial charge on any atom is -0.478 e. The monoisotopic (exact) mass is 327 g/mol. The Morgan fingerprint density at radius 3 is 3.00 bits per heavy atom. The predicted molar refractivity (Wildman–Crippen MR) is 76.4 cm³/mol. The van der Waals surface area contributed by atoms with Crippen LogP contribution in [0.3, 0.4) is 0 Å². The molecular formula is C14H18BrNO3. The molecule has 1 aromatic rings. The number of hydrogen-bond donors (Lipinski definition) is 2. The molecule has 0 saturated carbocycles. The van der Waals surface area contributed by atoms with Gasteiger partial charge in [-0.1, -0.05) is 22.0 Å². The number of carboxylic acid groups (broad SMARTS) is 1. The third-order valence-electron chi connectivity index (χ3n) is 3.37. The molecule has 5 heteroatoms. The number of hydrogen-bond acceptors (Lipinski definition) is 3. The first kappa shape index (κ1) is 14.5. The van der Waals surface area contributed by atoms with Gasteiger partial charge < -0.3 is 15.2 Å². The molecule has 1 aromatic carbocycles. The van der Waals surface area contributed by atoms with Crippen molar-refractivity contribution in [2.24, 2.45) is 5.92 Å². The second-order valence-corrected chi connectivity index (χ2v) is 5.66. The Balaban J connectivity index is 1.77. The number of nitrogens with one attached hydrogen (secondary N) is 1. The van der Waals surface area contributed by atoms with Crippen molar-refractivity contribution in [2.75, 3.05) is 19.8 Å². The van der Waals surface area contributed by atoms with Gasteiger partial charge in [0.25, 0.3) is 0 Å². The fourth-order valence-electron chi connectivity index (χ4n) is 2.16. The third kappa shape index (κ3) is 4.30. The van der Waals surface area contributed by atoms with Gasteiger partial charge >= 0.3 is 5.97 Å². The van der Waals surface area contributed by atoms with E-state index in [0.29, 0.717) is 11.5 Å². The zero-order chi connectivity index (χ0) is 13.7. The summed E-state index contributed by atoms with van der Waals surface area (Å²) in [5.41, 5.74) is 1.38. The molecule has 2 N–H and O–H groups in total. The highest BCUT2D eigenvalue weighted by Crippen LogP contribution is 2.19. The van der Waals surface area contributed by atoms with Gasteiger partial charge in [-0.15, -0.1) is 0 Å². The van der Waals surface area contributed by atoms with Crippen LogP contribution < -0.4 is 5.32 Å². The van der Waals surface area contributed by atoms with Crippen molar-refractivity contribution in [3.8, 4) is 0 Å². The SMILES string of the molecule is O=C(O)c1ccc(CNCCC2CCOC2)c(Br)c1. The van der Waals surface area contributed by atoms with Crippen molar-refractivity contribution in [3.05, 3.63) is 33.8 Å². The van der Waals surface area contributed by atoms with Crippen LogP contribution in [0, 0.1) is 5.92 Å². The highest BCUT2D eigenvalue weighted by Gasteiger charge is 2.14. The topological polar surface area (TPSA) is 58.6 Å². The molecule has 0 aromatic heterocycles. The van der Waals surface area contributed by atoms with Gasteiger partial charge in [0.05, 0.1) is 5.56 Å². The first-order valence-corrected chi connectivity index (χ1v) is 7.26. The van der Waals surface area contributed by atoms with E-state index in [1.54, 1.807) is 12.1 Å². The lowest BCUT2D eigenvalue weighted by atomic mass is 10.1. The Hall–Kier alpha value is -0.910. The van der Waals surface area contributed by atoms with Crippen LogP contribution in [0.25, 0.3) is 0 Å². The molecule has 19 heavy (non-hydrogen) atoms. The van der Waals surface area contributed by atoms with Crippen LogP contribution in [0.4, 0.5) is 0 Å². The summed E-state index contributed by atoms with van der Waals surface area (Å²) in [5.74, 6) is -0.216. The molecule has 104 valence electrons. The molecule has 0 spiro atoms. The lowest BCUT2D eigenvalue weighted by Crippen LogP contribution is -2.18. The number of benzene rings is 1. The number of rotatable bonds is 6. The van der Waals surface area contributed by atoms with Gasteiger partial charge in [0.2, 0.25) is 0 Å². The van der Waals surface area contributed by atoms with Crippen LogP contribution in [0.15, 0.2) is 22.7 Å². The molecule has 4 nitrogen and oxygen atoms in total. The summed E-state index contributed by atoms with van der Waals surface area (Å²) in [7, 11) is 0. The van der Waals surface area contributed by atoms with Crippen LogP contribution in [0.2, 0.25) is 0 Å². The van der Waals surface area contributed by atoms with Crippen molar-refractivity contribution in [2.45, 2.75) is 19.4 Å². The molecule has 0 radical (unpaired) electrons. The van der Waals surface area contributed by atoms with E-state index in [2.05, 4.69) is 21.2 Å². The summed E-state index contributed by atoms with van der Waals surface area (Å²) >= 11 is 3.41. The molecule has 0 bridgehead atoms. The quantitative estimate of drug-likeness (QED) is 0.789. The van der Waals surface area contributed by atoms with Gasteiger partial charge in [-0.25, -0.2) is 4.79 Å². The number of carboxylic acids is 1. The Morgan fingerprint density at radius 2 is 2.37 bits per heavy atom. The average Bonchev–Trinajstić information content (AvgIpc) is 2.89. The van der Waals surface area contributed by atoms with E-state index < -0.39 is 5.97 Å². The zero-order valence-electron chi connectivity index (χ0n) is 10.7. The highest BCUT2D eigenvalue weighted by atomic mass is 79.9. The smallest absolute Gasteiger partial charge is 0.335 e. The Kier molecular flexibility index (Phi) is 5.36. The van der Waals surface area contributed by atoms with Crippen LogP contribution in [0.5, 0.6) is 0 Å². The molecule has 1 heterocycles. The highest BCUT2D eigenvalue weighted by molar-refractivity contribution is 9.10. The fraction of sp³-hybridized carbons (Fsp3) is 0.500. The molecule has 2 rings (SSSR count). The van der Waals surface area contributed by atoms with Gasteiger partial charge in [-0.3, -0.25) is 0 Å². The maximum Gasteiger partial charge on any atom is 0.335 e. The zero-order valence-corrected chi connectivity index (χ0v) is 12.3. The number of aromatic carboxylic acids is 1. The summed E-state index contributed by atoms with van der Waals surface area (Å²) in [6.45, 7) is 3.49. The van der Waals surface area contributed by atoms with Crippen molar-refractivity contribution < 1.29 is 14.6 Å². The normalized spacial score (nSPS) is 18.7. The predicted octanol–water partition coefficient (Wildman–Crippen LogP) is 2.66. The van der Waals surface area contributed by atoms with E-state index in [0.717, 1.165) is 42.8 Å². The average molecular weight is 328 g/mol. The Bertz CT molecular complexity index is 444. The number of carbonyl (C=O) groups is 1. The second kappa shape index (κ2) is 7.03. The molecule has 1 saturated heterocycles. The van der Waals surface area contributed by atoms with Crippen molar-refractivity contribution in [1.82, 2.24) is 5.32 Å². The Labute approximate surface area is 121 Å². The maximum absolute atomic E-state index is 10.8.